The number of nitrogens with zero attached hydrogens (tertiary/aromatic N) is 3. The van der Waals surface area contributed by atoms with Crippen LogP contribution in [0.4, 0.5) is 0 Å². The van der Waals surface area contributed by atoms with E-state index in [1.54, 1.807) is 47.6 Å². The summed E-state index contributed by atoms with van der Waals surface area (Å²) in [7, 11) is -3.49. The minimum Gasteiger partial charge on any atom is -0.451 e. The summed E-state index contributed by atoms with van der Waals surface area (Å²) in [4.78, 5) is 18.5. The number of aromatic nitrogens is 1. The van der Waals surface area contributed by atoms with E-state index in [4.69, 9.17) is 16.0 Å². The van der Waals surface area contributed by atoms with Crippen LogP contribution in [-0.2, 0) is 10.0 Å². The van der Waals surface area contributed by atoms with Gasteiger partial charge in [-0.3, -0.25) is 9.78 Å². The zero-order valence-corrected chi connectivity index (χ0v) is 21.0. The summed E-state index contributed by atoms with van der Waals surface area (Å²) in [5, 5.41) is 2.75. The van der Waals surface area contributed by atoms with Crippen molar-refractivity contribution in [2.24, 2.45) is 0 Å². The van der Waals surface area contributed by atoms with Gasteiger partial charge in [0.25, 0.3) is 5.91 Å². The Balaban J connectivity index is 1.17. The second-order valence-electron chi connectivity index (χ2n) is 8.52. The van der Waals surface area contributed by atoms with Gasteiger partial charge in [-0.2, -0.15) is 4.31 Å². The Morgan fingerprint density at radius 1 is 0.944 bits per heavy atom. The van der Waals surface area contributed by atoms with Crippen molar-refractivity contribution < 1.29 is 17.6 Å². The van der Waals surface area contributed by atoms with Crippen molar-refractivity contribution in [3.63, 3.8) is 0 Å². The fourth-order valence-corrected chi connectivity index (χ4v) is 5.65. The number of halogens is 1. The molecule has 2 aromatic heterocycles. The third kappa shape index (κ3) is 5.36. The maximum atomic E-state index is 12.9. The lowest BCUT2D eigenvalue weighted by Gasteiger charge is -2.33. The average molecular weight is 522 g/mol. The Labute approximate surface area is 214 Å². The van der Waals surface area contributed by atoms with E-state index >= 15 is 0 Å². The Morgan fingerprint density at radius 3 is 2.44 bits per heavy atom. The minimum absolute atomic E-state index is 0.104. The number of hydrogen-bond acceptors (Lipinski definition) is 5. The van der Waals surface area contributed by atoms with Crippen molar-refractivity contribution in [2.45, 2.75) is 0 Å². The van der Waals surface area contributed by atoms with E-state index in [2.05, 4.69) is 4.98 Å². The highest BCUT2D eigenvalue weighted by Gasteiger charge is 2.29. The number of carbonyl (C=O) groups excluding carboxylic acids is 1. The normalized spacial score (nSPS) is 15.1. The van der Waals surface area contributed by atoms with Gasteiger partial charge in [0, 0.05) is 49.2 Å². The van der Waals surface area contributed by atoms with E-state index in [9.17, 15) is 13.2 Å². The highest BCUT2D eigenvalue weighted by molar-refractivity contribution is 7.89. The molecule has 2 aromatic carbocycles. The first kappa shape index (κ1) is 24.2. The Bertz CT molecular complexity index is 1530. The van der Waals surface area contributed by atoms with Gasteiger partial charge in [-0.1, -0.05) is 42.0 Å². The molecule has 0 spiro atoms. The number of amides is 1. The number of benzene rings is 2. The minimum atomic E-state index is -3.49. The van der Waals surface area contributed by atoms with Crippen molar-refractivity contribution in [3.8, 4) is 11.3 Å². The number of piperazine rings is 1. The molecule has 0 radical (unpaired) electrons. The van der Waals surface area contributed by atoms with E-state index in [-0.39, 0.29) is 30.5 Å². The van der Waals surface area contributed by atoms with Gasteiger partial charge in [-0.25, -0.2) is 8.42 Å². The topological polar surface area (TPSA) is 83.7 Å². The van der Waals surface area contributed by atoms with E-state index in [0.717, 1.165) is 21.9 Å². The number of furan rings is 1. The fourth-order valence-electron chi connectivity index (χ4n) is 4.20. The molecule has 0 N–H and O–H groups in total. The van der Waals surface area contributed by atoms with Crippen molar-refractivity contribution in [1.29, 1.82) is 0 Å². The second-order valence-corrected chi connectivity index (χ2v) is 11.0. The fraction of sp³-hybridized carbons (Fsp3) is 0.185. The Hall–Kier alpha value is -3.46. The number of sulfonamides is 1. The van der Waals surface area contributed by atoms with Gasteiger partial charge < -0.3 is 9.32 Å². The molecule has 0 unspecified atom stereocenters. The predicted octanol–water partition coefficient (Wildman–Crippen LogP) is 4.95. The maximum Gasteiger partial charge on any atom is 0.289 e. The molecule has 3 heterocycles. The highest BCUT2D eigenvalue weighted by Crippen LogP contribution is 2.23. The zero-order chi connectivity index (χ0) is 25.1. The number of fused-ring (bicyclic) bond motifs is 1. The molecule has 0 saturated carbocycles. The van der Waals surface area contributed by atoms with Gasteiger partial charge in [0.1, 0.15) is 5.76 Å². The van der Waals surface area contributed by atoms with Crippen molar-refractivity contribution in [2.75, 3.05) is 31.9 Å². The quantitative estimate of drug-likeness (QED) is 0.358. The van der Waals surface area contributed by atoms with Crippen LogP contribution in [0.1, 0.15) is 16.1 Å². The first-order valence-electron chi connectivity index (χ1n) is 11.5. The predicted molar refractivity (Wildman–Crippen MR) is 141 cm³/mol. The van der Waals surface area contributed by atoms with E-state index in [1.807, 2.05) is 42.5 Å². The number of carbonyl (C=O) groups is 1. The first-order valence-corrected chi connectivity index (χ1v) is 13.5. The van der Waals surface area contributed by atoms with Crippen molar-refractivity contribution in [1.82, 2.24) is 14.2 Å². The van der Waals surface area contributed by atoms with Crippen LogP contribution < -0.4 is 0 Å². The monoisotopic (exact) mass is 521 g/mol. The van der Waals surface area contributed by atoms with Crippen molar-refractivity contribution >= 4 is 44.4 Å². The number of hydrogen-bond donors (Lipinski definition) is 0. The lowest BCUT2D eigenvalue weighted by Crippen LogP contribution is -2.50. The van der Waals surface area contributed by atoms with Crippen LogP contribution in [0.15, 0.2) is 83.6 Å². The number of rotatable bonds is 6. The molecule has 1 aliphatic rings. The molecular weight excluding hydrogens is 498 g/mol. The molecule has 4 aromatic rings. The molecule has 1 saturated heterocycles. The van der Waals surface area contributed by atoms with E-state index in [1.165, 1.54) is 4.31 Å². The summed E-state index contributed by atoms with van der Waals surface area (Å²) in [5.41, 5.74) is 1.75. The molecule has 1 amide bonds. The molecular formula is C27H24ClN3O4S. The third-order valence-electron chi connectivity index (χ3n) is 6.14. The average Bonchev–Trinajstić information content (AvgIpc) is 3.39. The molecule has 0 atom stereocenters. The highest BCUT2D eigenvalue weighted by atomic mass is 35.5. The zero-order valence-electron chi connectivity index (χ0n) is 19.4. The lowest BCUT2D eigenvalue weighted by atomic mass is 10.1. The summed E-state index contributed by atoms with van der Waals surface area (Å²) in [5.74, 6) is 0.472. The van der Waals surface area contributed by atoms with Crippen LogP contribution in [0.2, 0.25) is 5.02 Å². The molecule has 1 aliphatic heterocycles. The van der Waals surface area contributed by atoms with Crippen LogP contribution in [0.3, 0.4) is 0 Å². The summed E-state index contributed by atoms with van der Waals surface area (Å²) in [6, 6.07) is 18.6. The van der Waals surface area contributed by atoms with Crippen molar-refractivity contribution in [3.05, 3.63) is 95.5 Å². The second kappa shape index (κ2) is 10.3. The summed E-state index contributed by atoms with van der Waals surface area (Å²) < 4.78 is 32.9. The molecule has 184 valence electrons. The summed E-state index contributed by atoms with van der Waals surface area (Å²) in [6.07, 6.45) is 6.79. The molecule has 0 bridgehead atoms. The van der Waals surface area contributed by atoms with Gasteiger partial charge >= 0.3 is 0 Å². The first-order chi connectivity index (χ1) is 17.4. The van der Waals surface area contributed by atoms with Crippen LogP contribution in [0.25, 0.3) is 28.2 Å². The van der Waals surface area contributed by atoms with Gasteiger partial charge in [-0.05, 0) is 58.8 Å². The maximum absolute atomic E-state index is 12.9. The standard InChI is InChI=1S/C27H24ClN3O4S/c28-24-6-5-22-18-20(3-4-23(22)19-24)2-1-17-36(33,34)31-15-13-30(14-16-31)27(32)26-8-7-25(35-26)21-9-11-29-12-10-21/h1-12,18-19H,13-17H2. The summed E-state index contributed by atoms with van der Waals surface area (Å²) in [6.45, 7) is 1.10. The van der Waals surface area contributed by atoms with Gasteiger partial charge in [0.15, 0.2) is 5.76 Å². The molecule has 1 fully saturated rings. The Kier molecular flexibility index (Phi) is 6.91. The lowest BCUT2D eigenvalue weighted by molar-refractivity contribution is 0.0667. The van der Waals surface area contributed by atoms with E-state index in [0.29, 0.717) is 23.9 Å². The molecule has 7 nitrogen and oxygen atoms in total. The van der Waals surface area contributed by atoms with Gasteiger partial charge in [0.2, 0.25) is 10.0 Å². The molecule has 9 heteroatoms. The van der Waals surface area contributed by atoms with Crippen LogP contribution in [-0.4, -0.2) is 60.4 Å². The van der Waals surface area contributed by atoms with Gasteiger partial charge in [-0.15, -0.1) is 0 Å². The number of pyridine rings is 1. The largest absolute Gasteiger partial charge is 0.451 e. The molecule has 36 heavy (non-hydrogen) atoms. The third-order valence-corrected chi connectivity index (χ3v) is 8.15. The summed E-state index contributed by atoms with van der Waals surface area (Å²) >= 11 is 6.03. The van der Waals surface area contributed by atoms with E-state index < -0.39 is 10.0 Å². The van der Waals surface area contributed by atoms with Crippen LogP contribution in [0.5, 0.6) is 0 Å². The van der Waals surface area contributed by atoms with Crippen LogP contribution in [0, 0.1) is 0 Å². The van der Waals surface area contributed by atoms with Crippen LogP contribution >= 0.6 is 11.6 Å². The SMILES string of the molecule is O=C(c1ccc(-c2ccncc2)o1)N1CCN(S(=O)(=O)CC=Cc2ccc3cc(Cl)ccc3c2)CC1. The molecule has 5 rings (SSSR count). The van der Waals surface area contributed by atoms with Gasteiger partial charge in [0.05, 0.1) is 5.75 Å². The molecule has 0 aliphatic carbocycles. The Morgan fingerprint density at radius 2 is 1.67 bits per heavy atom. The smallest absolute Gasteiger partial charge is 0.289 e.